The van der Waals surface area contributed by atoms with E-state index in [1.165, 1.54) is 83.6 Å². The highest BCUT2D eigenvalue weighted by atomic mass is 15.5. The van der Waals surface area contributed by atoms with Gasteiger partial charge in [-0.15, -0.1) is 0 Å². The second-order valence-corrected chi connectivity index (χ2v) is 10.8. The minimum atomic E-state index is 0.817. The molecule has 2 aliphatic heterocycles. The Bertz CT molecular complexity index is 463. The summed E-state index contributed by atoms with van der Waals surface area (Å²) in [6, 6.07) is 1.68. The highest BCUT2D eigenvalue weighted by Crippen LogP contribution is 2.43. The quantitative estimate of drug-likeness (QED) is 0.578. The molecule has 2 heterocycles. The molecule has 2 nitrogen and oxygen atoms in total. The Morgan fingerprint density at radius 2 is 1.31 bits per heavy atom. The van der Waals surface area contributed by atoms with Crippen molar-refractivity contribution < 1.29 is 0 Å². The maximum absolute atomic E-state index is 4.14. The number of rotatable bonds is 0. The van der Waals surface area contributed by atoms with Crippen molar-refractivity contribution in [3.63, 3.8) is 0 Å². The Hall–Kier alpha value is -0.0800. The summed E-state index contributed by atoms with van der Waals surface area (Å²) in [5.41, 5.74) is 4.14. The molecule has 26 heavy (non-hydrogen) atoms. The van der Waals surface area contributed by atoms with Crippen molar-refractivity contribution >= 4 is 0 Å². The second-order valence-electron chi connectivity index (χ2n) is 10.8. The van der Waals surface area contributed by atoms with Gasteiger partial charge in [-0.05, 0) is 81.0 Å². The molecule has 5 aliphatic rings. The zero-order valence-corrected chi connectivity index (χ0v) is 17.0. The second kappa shape index (κ2) is 8.11. The van der Waals surface area contributed by atoms with Gasteiger partial charge in [0.15, 0.2) is 0 Å². The molecule has 3 saturated carbocycles. The summed E-state index contributed by atoms with van der Waals surface area (Å²) in [6.45, 7) is 1.32. The molecule has 1 N–H and O–H groups in total. The lowest BCUT2D eigenvalue weighted by Crippen LogP contribution is -2.58. The molecule has 2 saturated heterocycles. The number of nitrogens with one attached hydrogen (secondary N) is 1. The summed E-state index contributed by atoms with van der Waals surface area (Å²) >= 11 is 0. The summed E-state index contributed by atoms with van der Waals surface area (Å²) in [5, 5.41) is 2.80. The topological polar surface area (TPSA) is 15.3 Å². The third-order valence-electron chi connectivity index (χ3n) is 9.19. The smallest absolute Gasteiger partial charge is 0.0274 e. The van der Waals surface area contributed by atoms with Gasteiger partial charge in [-0.25, -0.2) is 5.01 Å². The Kier molecular flexibility index (Phi) is 5.61. The van der Waals surface area contributed by atoms with Crippen LogP contribution in [-0.4, -0.2) is 23.6 Å². The molecule has 0 aromatic rings. The SMILES string of the molecule is C1CC2CCCC3CCC4CCCCN(NC5CCC5CC(C1)C2)C4C3. The molecule has 2 heteroatoms. The molecule has 0 aromatic carbocycles. The number of hydrazine groups is 1. The van der Waals surface area contributed by atoms with Crippen LogP contribution in [0.15, 0.2) is 0 Å². The number of fused-ring (bicyclic) bond motifs is 4. The highest BCUT2D eigenvalue weighted by molar-refractivity contribution is 4.93. The Morgan fingerprint density at radius 3 is 2.12 bits per heavy atom. The molecule has 3 aliphatic carbocycles. The first kappa shape index (κ1) is 18.0. The van der Waals surface area contributed by atoms with E-state index in [9.17, 15) is 0 Å². The fraction of sp³-hybridized carbons (Fsp3) is 1.00. The Labute approximate surface area is 161 Å². The molecule has 0 amide bonds. The van der Waals surface area contributed by atoms with E-state index in [2.05, 4.69) is 10.4 Å². The summed E-state index contributed by atoms with van der Waals surface area (Å²) in [7, 11) is 0. The van der Waals surface area contributed by atoms with Crippen LogP contribution in [0.4, 0.5) is 0 Å². The summed E-state index contributed by atoms with van der Waals surface area (Å²) in [4.78, 5) is 0. The minimum Gasteiger partial charge on any atom is -0.252 e. The summed E-state index contributed by atoms with van der Waals surface area (Å²) < 4.78 is 0. The van der Waals surface area contributed by atoms with Crippen molar-refractivity contribution in [1.29, 1.82) is 0 Å². The van der Waals surface area contributed by atoms with Crippen molar-refractivity contribution in [3.05, 3.63) is 0 Å². The molecule has 4 bridgehead atoms. The predicted octanol–water partition coefficient (Wildman–Crippen LogP) is 5.92. The van der Waals surface area contributed by atoms with Gasteiger partial charge in [0.1, 0.15) is 0 Å². The largest absolute Gasteiger partial charge is 0.252 e. The predicted molar refractivity (Wildman–Crippen MR) is 109 cm³/mol. The normalized spacial score (nSPS) is 47.8. The van der Waals surface area contributed by atoms with Crippen LogP contribution in [0.2, 0.25) is 0 Å². The van der Waals surface area contributed by atoms with Gasteiger partial charge in [-0.2, -0.15) is 0 Å². The van der Waals surface area contributed by atoms with Crippen LogP contribution < -0.4 is 5.43 Å². The van der Waals surface area contributed by atoms with Gasteiger partial charge in [0, 0.05) is 18.6 Å². The summed E-state index contributed by atoms with van der Waals surface area (Å²) in [6.07, 6.45) is 24.2. The van der Waals surface area contributed by atoms with Crippen molar-refractivity contribution in [2.45, 2.75) is 115 Å². The van der Waals surface area contributed by atoms with Gasteiger partial charge < -0.3 is 0 Å². The number of hydrogen-bond donors (Lipinski definition) is 1. The standard InChI is InChI=1S/C24H42N2/c1-2-14-26-24-17-19(10-11-21(24)9-1)7-3-5-18-6-4-8-20(15-18)16-22-12-13-23(22)25-26/h18-25H,1-17H2. The number of hydrogen-bond acceptors (Lipinski definition) is 2. The average molecular weight is 359 g/mol. The third-order valence-corrected chi connectivity index (χ3v) is 9.19. The van der Waals surface area contributed by atoms with E-state index in [4.69, 9.17) is 0 Å². The van der Waals surface area contributed by atoms with Crippen LogP contribution in [0.25, 0.3) is 0 Å². The van der Waals surface area contributed by atoms with Crippen LogP contribution in [-0.2, 0) is 0 Å². The van der Waals surface area contributed by atoms with Gasteiger partial charge in [-0.1, -0.05) is 51.4 Å². The molecule has 0 radical (unpaired) electrons. The molecule has 148 valence electrons. The maximum atomic E-state index is 4.14. The molecule has 0 spiro atoms. The van der Waals surface area contributed by atoms with E-state index in [-0.39, 0.29) is 0 Å². The Balaban J connectivity index is 1.33. The molecule has 7 atom stereocenters. The van der Waals surface area contributed by atoms with Gasteiger partial charge in [0.2, 0.25) is 0 Å². The van der Waals surface area contributed by atoms with E-state index in [1.54, 1.807) is 25.7 Å². The zero-order chi connectivity index (χ0) is 17.3. The molecule has 5 rings (SSSR count). The van der Waals surface area contributed by atoms with E-state index in [0.29, 0.717) is 0 Å². The van der Waals surface area contributed by atoms with Crippen LogP contribution in [0.3, 0.4) is 0 Å². The molecule has 5 fully saturated rings. The van der Waals surface area contributed by atoms with Crippen LogP contribution >= 0.6 is 0 Å². The minimum absolute atomic E-state index is 0.817. The van der Waals surface area contributed by atoms with Crippen LogP contribution in [0.1, 0.15) is 103 Å². The lowest BCUT2D eigenvalue weighted by atomic mass is 9.69. The van der Waals surface area contributed by atoms with Crippen LogP contribution in [0, 0.1) is 29.6 Å². The zero-order valence-electron chi connectivity index (χ0n) is 17.0. The first-order chi connectivity index (χ1) is 12.8. The van der Waals surface area contributed by atoms with Gasteiger partial charge in [0.05, 0.1) is 0 Å². The van der Waals surface area contributed by atoms with Crippen molar-refractivity contribution in [3.8, 4) is 0 Å². The molecular formula is C24H42N2. The fourth-order valence-corrected chi connectivity index (χ4v) is 7.53. The number of nitrogens with zero attached hydrogens (tertiary/aromatic N) is 1. The first-order valence-corrected chi connectivity index (χ1v) is 12.4. The van der Waals surface area contributed by atoms with Gasteiger partial charge in [-0.3, -0.25) is 5.43 Å². The van der Waals surface area contributed by atoms with Crippen molar-refractivity contribution in [2.75, 3.05) is 6.54 Å². The molecule has 0 aromatic heterocycles. The van der Waals surface area contributed by atoms with E-state index in [0.717, 1.165) is 41.7 Å². The molecule has 7 unspecified atom stereocenters. The lowest BCUT2D eigenvalue weighted by Gasteiger charge is -2.48. The Morgan fingerprint density at radius 1 is 0.538 bits per heavy atom. The molecular weight excluding hydrogens is 316 g/mol. The average Bonchev–Trinajstić information content (AvgIpc) is 2.85. The monoisotopic (exact) mass is 358 g/mol. The first-order valence-electron chi connectivity index (χ1n) is 12.4. The van der Waals surface area contributed by atoms with Crippen molar-refractivity contribution in [1.82, 2.24) is 10.4 Å². The maximum Gasteiger partial charge on any atom is 0.0274 e. The van der Waals surface area contributed by atoms with E-state index >= 15 is 0 Å². The van der Waals surface area contributed by atoms with Crippen molar-refractivity contribution in [2.24, 2.45) is 29.6 Å². The third kappa shape index (κ3) is 3.88. The lowest BCUT2D eigenvalue weighted by molar-refractivity contribution is -0.00578. The fourth-order valence-electron chi connectivity index (χ4n) is 7.53. The van der Waals surface area contributed by atoms with E-state index < -0.39 is 0 Å². The van der Waals surface area contributed by atoms with E-state index in [1.807, 2.05) is 0 Å². The highest BCUT2D eigenvalue weighted by Gasteiger charge is 2.40. The van der Waals surface area contributed by atoms with Gasteiger partial charge >= 0.3 is 0 Å². The van der Waals surface area contributed by atoms with Crippen LogP contribution in [0.5, 0.6) is 0 Å². The van der Waals surface area contributed by atoms with Gasteiger partial charge in [0.25, 0.3) is 0 Å². The summed E-state index contributed by atoms with van der Waals surface area (Å²) in [5.74, 6) is 5.14.